The Labute approximate surface area is 258 Å². The van der Waals surface area contributed by atoms with E-state index in [0.29, 0.717) is 32.0 Å². The van der Waals surface area contributed by atoms with E-state index in [0.717, 1.165) is 49.6 Å². The van der Waals surface area contributed by atoms with Crippen molar-refractivity contribution in [2.45, 2.75) is 116 Å². The normalized spacial score (nSPS) is 15.4. The zero-order valence-corrected chi connectivity index (χ0v) is 28.4. The first-order valence-electron chi connectivity index (χ1n) is 15.9. The quantitative estimate of drug-likeness (QED) is 0.163. The van der Waals surface area contributed by atoms with Crippen molar-refractivity contribution in [2.24, 2.45) is 0 Å². The fourth-order valence-electron chi connectivity index (χ4n) is 5.68. The summed E-state index contributed by atoms with van der Waals surface area (Å²) in [7, 11) is -1.98. The predicted octanol–water partition coefficient (Wildman–Crippen LogP) is 7.10. The maximum Gasteiger partial charge on any atom is 0.276 e. The van der Waals surface area contributed by atoms with Crippen LogP contribution in [0.15, 0.2) is 30.6 Å². The number of fused-ring (bicyclic) bond motifs is 1. The summed E-state index contributed by atoms with van der Waals surface area (Å²) in [6, 6.07) is 6.01. The molecule has 1 fully saturated rings. The number of ether oxygens (including phenoxy) is 1. The van der Waals surface area contributed by atoms with E-state index in [-0.39, 0.29) is 39.8 Å². The number of hydrogen-bond donors (Lipinski definition) is 1. The van der Waals surface area contributed by atoms with Crippen molar-refractivity contribution in [3.8, 4) is 11.6 Å². The lowest BCUT2D eigenvalue weighted by Crippen LogP contribution is -2.45. The second-order valence-corrected chi connectivity index (χ2v) is 18.6. The fourth-order valence-corrected chi connectivity index (χ4v) is 6.72. The van der Waals surface area contributed by atoms with Gasteiger partial charge in [-0.3, -0.25) is 4.79 Å². The fraction of sp³-hybridized carbons (Fsp3) is 0.636. The van der Waals surface area contributed by atoms with E-state index in [9.17, 15) is 9.90 Å². The van der Waals surface area contributed by atoms with Gasteiger partial charge in [-0.1, -0.05) is 47.0 Å². The minimum absolute atomic E-state index is 0.0618. The van der Waals surface area contributed by atoms with Gasteiger partial charge in [-0.05, 0) is 69.4 Å². The molecule has 3 aromatic rings. The zero-order valence-electron chi connectivity index (χ0n) is 27.4. The zero-order chi connectivity index (χ0) is 31.4. The molecule has 43 heavy (non-hydrogen) atoms. The molecule has 1 amide bonds. The summed E-state index contributed by atoms with van der Waals surface area (Å²) in [5.74, 6) is -0.0709. The van der Waals surface area contributed by atoms with Crippen LogP contribution in [0.5, 0.6) is 11.6 Å². The molecule has 1 N–H and O–H groups in total. The Hall–Kier alpha value is -2.98. The van der Waals surface area contributed by atoms with E-state index in [2.05, 4.69) is 73.7 Å². The Morgan fingerprint density at radius 3 is 2.53 bits per heavy atom. The topological polar surface area (TPSA) is 103 Å². The number of aromatic hydroxyl groups is 1. The standard InChI is InChI=1S/C33H51N5O4Si/c1-9-10-21-41-28-27(31(40)37(24(2)3)20-22-42-43(7,8)32(4,5)6)35-26(36-30(28)39)23-33(16-11-12-17-33)38-19-15-25-14-13-18-34-29(25)38/h13-15,18-19,24H,9-12,16-17,20-23H2,1-8H3,(H,35,36,39). The van der Waals surface area contributed by atoms with Crippen LogP contribution in [0.2, 0.25) is 18.1 Å². The molecule has 3 aromatic heterocycles. The van der Waals surface area contributed by atoms with Crippen LogP contribution in [0.4, 0.5) is 0 Å². The molecule has 236 valence electrons. The van der Waals surface area contributed by atoms with E-state index in [4.69, 9.17) is 14.1 Å². The molecule has 0 aliphatic heterocycles. The number of pyridine rings is 1. The lowest BCUT2D eigenvalue weighted by atomic mass is 9.92. The van der Waals surface area contributed by atoms with Gasteiger partial charge in [-0.25, -0.2) is 9.97 Å². The summed E-state index contributed by atoms with van der Waals surface area (Å²) in [5, 5.41) is 12.3. The molecule has 0 aromatic carbocycles. The number of rotatable bonds is 13. The molecule has 0 saturated heterocycles. The Balaban J connectivity index is 1.68. The largest absolute Gasteiger partial charge is 0.491 e. The molecule has 0 radical (unpaired) electrons. The van der Waals surface area contributed by atoms with E-state index in [1.807, 2.05) is 26.1 Å². The van der Waals surface area contributed by atoms with Crippen LogP contribution in [-0.4, -0.2) is 69.6 Å². The third-order valence-electron chi connectivity index (χ3n) is 9.31. The molecule has 10 heteroatoms. The Morgan fingerprint density at radius 2 is 1.88 bits per heavy atom. The van der Waals surface area contributed by atoms with Crippen LogP contribution >= 0.6 is 0 Å². The maximum atomic E-state index is 14.2. The first kappa shape index (κ1) is 32.9. The molecule has 0 spiro atoms. The van der Waals surface area contributed by atoms with Crippen LogP contribution in [0.3, 0.4) is 0 Å². The van der Waals surface area contributed by atoms with E-state index in [1.54, 1.807) is 4.90 Å². The van der Waals surface area contributed by atoms with E-state index < -0.39 is 8.32 Å². The van der Waals surface area contributed by atoms with Gasteiger partial charge in [-0.2, -0.15) is 4.98 Å². The highest BCUT2D eigenvalue weighted by molar-refractivity contribution is 6.74. The Morgan fingerprint density at radius 1 is 1.16 bits per heavy atom. The van der Waals surface area contributed by atoms with Crippen molar-refractivity contribution in [1.82, 2.24) is 24.4 Å². The number of unbranched alkanes of at least 4 members (excludes halogenated alkanes) is 1. The van der Waals surface area contributed by atoms with Gasteiger partial charge < -0.3 is 23.7 Å². The first-order valence-corrected chi connectivity index (χ1v) is 18.8. The predicted molar refractivity (Wildman–Crippen MR) is 173 cm³/mol. The van der Waals surface area contributed by atoms with Gasteiger partial charge >= 0.3 is 0 Å². The number of hydrogen-bond acceptors (Lipinski definition) is 7. The molecule has 0 bridgehead atoms. The highest BCUT2D eigenvalue weighted by Gasteiger charge is 2.40. The number of amides is 1. The summed E-state index contributed by atoms with van der Waals surface area (Å²) in [4.78, 5) is 30.0. The Bertz CT molecular complexity index is 1390. The molecule has 3 heterocycles. The second kappa shape index (κ2) is 13.3. The van der Waals surface area contributed by atoms with Gasteiger partial charge in [-0.15, -0.1) is 0 Å². The van der Waals surface area contributed by atoms with E-state index in [1.165, 1.54) is 0 Å². The molecule has 1 aliphatic carbocycles. The second-order valence-electron chi connectivity index (χ2n) is 13.8. The van der Waals surface area contributed by atoms with Gasteiger partial charge in [0.1, 0.15) is 11.5 Å². The average Bonchev–Trinajstić information content (AvgIpc) is 3.59. The summed E-state index contributed by atoms with van der Waals surface area (Å²) in [5.41, 5.74) is 0.753. The SMILES string of the molecule is CCCCOc1c(O)nc(CC2(n3ccc4cccnc43)CCCC2)nc1C(=O)N(CCO[Si](C)(C)C(C)(C)C)C(C)C. The first-order chi connectivity index (χ1) is 20.3. The van der Waals surface area contributed by atoms with Gasteiger partial charge in [0.15, 0.2) is 14.0 Å². The molecular weight excluding hydrogens is 558 g/mol. The maximum absolute atomic E-state index is 14.2. The van der Waals surface area contributed by atoms with Gasteiger partial charge in [0.05, 0.1) is 18.8 Å². The lowest BCUT2D eigenvalue weighted by Gasteiger charge is -2.37. The molecule has 0 atom stereocenters. The van der Waals surface area contributed by atoms with E-state index >= 15 is 0 Å². The number of carbonyl (C=O) groups is 1. The smallest absolute Gasteiger partial charge is 0.276 e. The summed E-state index contributed by atoms with van der Waals surface area (Å²) < 4.78 is 14.7. The van der Waals surface area contributed by atoms with Gasteiger partial charge in [0.2, 0.25) is 5.75 Å². The molecule has 4 rings (SSSR count). The van der Waals surface area contributed by atoms with Crippen molar-refractivity contribution in [2.75, 3.05) is 19.8 Å². The van der Waals surface area contributed by atoms with Crippen LogP contribution in [0, 0.1) is 0 Å². The van der Waals surface area contributed by atoms with Crippen molar-refractivity contribution >= 4 is 25.3 Å². The van der Waals surface area contributed by atoms with Crippen LogP contribution in [-0.2, 0) is 16.4 Å². The third kappa shape index (κ3) is 7.23. The minimum Gasteiger partial charge on any atom is -0.491 e. The van der Waals surface area contributed by atoms with Crippen molar-refractivity contribution in [3.63, 3.8) is 0 Å². The molecular formula is C33H51N5O4Si. The van der Waals surface area contributed by atoms with Crippen molar-refractivity contribution in [1.29, 1.82) is 0 Å². The summed E-state index contributed by atoms with van der Waals surface area (Å²) in [6.45, 7) is 18.3. The minimum atomic E-state index is -1.98. The highest BCUT2D eigenvalue weighted by Crippen LogP contribution is 2.42. The third-order valence-corrected chi connectivity index (χ3v) is 13.8. The van der Waals surface area contributed by atoms with Gasteiger partial charge in [0.25, 0.3) is 11.8 Å². The molecule has 1 saturated carbocycles. The van der Waals surface area contributed by atoms with Crippen LogP contribution in [0.25, 0.3) is 11.0 Å². The van der Waals surface area contributed by atoms with Crippen LogP contribution < -0.4 is 4.74 Å². The van der Waals surface area contributed by atoms with Gasteiger partial charge in [0, 0.05) is 36.8 Å². The lowest BCUT2D eigenvalue weighted by molar-refractivity contribution is 0.0656. The summed E-state index contributed by atoms with van der Waals surface area (Å²) in [6.07, 6.45) is 10.2. The van der Waals surface area contributed by atoms with Crippen LogP contribution in [0.1, 0.15) is 96.4 Å². The Kier molecular flexibility index (Phi) is 10.2. The van der Waals surface area contributed by atoms with Crippen molar-refractivity contribution < 1.29 is 19.1 Å². The molecule has 1 aliphatic rings. The number of aromatic nitrogens is 4. The highest BCUT2D eigenvalue weighted by atomic mass is 28.4. The average molecular weight is 610 g/mol. The molecule has 0 unspecified atom stereocenters. The monoisotopic (exact) mass is 609 g/mol. The molecule has 9 nitrogen and oxygen atoms in total. The van der Waals surface area contributed by atoms with Crippen molar-refractivity contribution in [3.05, 3.63) is 42.1 Å². The summed E-state index contributed by atoms with van der Waals surface area (Å²) >= 11 is 0. The number of nitrogens with zero attached hydrogens (tertiary/aromatic N) is 5. The number of carbonyl (C=O) groups excluding carboxylic acids is 1.